The van der Waals surface area contributed by atoms with Crippen LogP contribution in [0.5, 0.6) is 0 Å². The number of anilines is 1. The van der Waals surface area contributed by atoms with E-state index in [4.69, 9.17) is 0 Å². The van der Waals surface area contributed by atoms with E-state index in [1.807, 2.05) is 6.92 Å². The average molecular weight is 563 g/mol. The molecule has 0 spiro atoms. The highest BCUT2D eigenvalue weighted by Gasteiger charge is 2.46. The van der Waals surface area contributed by atoms with Gasteiger partial charge in [0, 0.05) is 17.8 Å². The highest BCUT2D eigenvalue weighted by molar-refractivity contribution is 6.42. The minimum absolute atomic E-state index is 0.0532. The first-order valence-corrected chi connectivity index (χ1v) is 12.8. The summed E-state index contributed by atoms with van der Waals surface area (Å²) in [7, 11) is 0. The van der Waals surface area contributed by atoms with Crippen LogP contribution in [0.4, 0.5) is 23.8 Å². The molecule has 2 amide bonds. The minimum Gasteiger partial charge on any atom is -0.465 e. The second kappa shape index (κ2) is 12.3. The number of benzene rings is 1. The molecule has 0 aliphatic rings. The first-order valence-electron chi connectivity index (χ1n) is 12.8. The lowest BCUT2D eigenvalue weighted by molar-refractivity contribution is -0.141. The number of nitrogens with one attached hydrogen (secondary N) is 2. The van der Waals surface area contributed by atoms with Gasteiger partial charge >= 0.3 is 12.3 Å². The van der Waals surface area contributed by atoms with Crippen molar-refractivity contribution in [3.05, 3.63) is 54.5 Å². The van der Waals surface area contributed by atoms with Crippen LogP contribution < -0.4 is 5.32 Å². The van der Waals surface area contributed by atoms with Gasteiger partial charge in [-0.15, -0.1) is 0 Å². The van der Waals surface area contributed by atoms with Gasteiger partial charge in [-0.25, -0.2) is 4.79 Å². The molecular formula is C27H33F3N6O4. The summed E-state index contributed by atoms with van der Waals surface area (Å²) in [6.45, 7) is 7.23. The van der Waals surface area contributed by atoms with Gasteiger partial charge in [0.15, 0.2) is 0 Å². The number of ketones is 1. The SMILES string of the molecule is CCCC(C)(C)[C@@H](C(=O)C(=O)Nc1ccn[nH]1)N(C(=O)O)[C@@H](CC)Cn1cc(-c2ccc(C(F)(F)F)cc2)cn1. The fraction of sp³-hybridized carbons (Fsp3) is 0.444. The van der Waals surface area contributed by atoms with Gasteiger partial charge in [-0.2, -0.15) is 23.4 Å². The van der Waals surface area contributed by atoms with Gasteiger partial charge in [-0.1, -0.05) is 46.2 Å². The van der Waals surface area contributed by atoms with Crippen LogP contribution in [0.2, 0.25) is 0 Å². The normalized spacial score (nSPS) is 13.5. The molecule has 0 saturated carbocycles. The first kappa shape index (κ1) is 30.4. The molecular weight excluding hydrogens is 529 g/mol. The van der Waals surface area contributed by atoms with E-state index in [2.05, 4.69) is 20.6 Å². The van der Waals surface area contributed by atoms with E-state index in [1.165, 1.54) is 35.3 Å². The highest BCUT2D eigenvalue weighted by Crippen LogP contribution is 2.34. The molecule has 40 heavy (non-hydrogen) atoms. The van der Waals surface area contributed by atoms with Crippen molar-refractivity contribution in [1.29, 1.82) is 0 Å². The Hall–Kier alpha value is -4.16. The summed E-state index contributed by atoms with van der Waals surface area (Å²) in [5.41, 5.74) is -0.606. The summed E-state index contributed by atoms with van der Waals surface area (Å²) in [5, 5.41) is 23.3. The zero-order valence-electron chi connectivity index (χ0n) is 22.7. The van der Waals surface area contributed by atoms with Crippen LogP contribution in [-0.2, 0) is 22.3 Å². The van der Waals surface area contributed by atoms with Crippen LogP contribution in [0.15, 0.2) is 48.9 Å². The molecule has 2 atom stereocenters. The molecule has 3 rings (SSSR count). The zero-order chi connectivity index (χ0) is 29.7. The standard InChI is InChI=1S/C27H33F3N6O4/c1-5-12-26(3,4)23(22(37)24(38)33-21-11-13-31-34-21)36(25(39)40)20(6-2)16-35-15-18(14-32-35)17-7-9-19(10-8-17)27(28,29)30/h7-11,13-15,20,23H,5-6,12,16H2,1-4H3,(H,39,40)(H2,31,33,34,38)/t20-,23+/m0/s1. The molecule has 0 unspecified atom stereocenters. The Morgan fingerprint density at radius 2 is 1.77 bits per heavy atom. The second-order valence-electron chi connectivity index (χ2n) is 10.2. The van der Waals surface area contributed by atoms with Crippen molar-refractivity contribution >= 4 is 23.6 Å². The van der Waals surface area contributed by atoms with Gasteiger partial charge < -0.3 is 10.4 Å². The number of hydrogen-bond acceptors (Lipinski definition) is 5. The van der Waals surface area contributed by atoms with E-state index in [0.717, 1.165) is 17.0 Å². The number of Topliss-reactive ketones (excluding diaryl/α,β-unsaturated/α-hetero) is 1. The van der Waals surface area contributed by atoms with E-state index < -0.39 is 47.0 Å². The first-order chi connectivity index (χ1) is 18.8. The molecule has 3 N–H and O–H groups in total. The number of hydrogen-bond donors (Lipinski definition) is 3. The Labute approximate surface area is 229 Å². The fourth-order valence-corrected chi connectivity index (χ4v) is 4.84. The van der Waals surface area contributed by atoms with Crippen LogP contribution in [0.1, 0.15) is 52.5 Å². The maximum Gasteiger partial charge on any atom is 0.416 e. The van der Waals surface area contributed by atoms with Crippen molar-refractivity contribution in [1.82, 2.24) is 24.9 Å². The van der Waals surface area contributed by atoms with Gasteiger partial charge in [-0.3, -0.25) is 24.3 Å². The third-order valence-electron chi connectivity index (χ3n) is 6.80. The minimum atomic E-state index is -4.45. The third-order valence-corrected chi connectivity index (χ3v) is 6.80. The maximum atomic E-state index is 13.5. The number of aromatic nitrogens is 4. The maximum absolute atomic E-state index is 13.5. The Balaban J connectivity index is 1.90. The van der Waals surface area contributed by atoms with Crippen LogP contribution in [0.25, 0.3) is 11.1 Å². The highest BCUT2D eigenvalue weighted by atomic mass is 19.4. The Morgan fingerprint density at radius 1 is 1.10 bits per heavy atom. The van der Waals surface area contributed by atoms with Gasteiger partial charge in [0.05, 0.1) is 30.5 Å². The summed E-state index contributed by atoms with van der Waals surface area (Å²) < 4.78 is 40.3. The molecule has 216 valence electrons. The summed E-state index contributed by atoms with van der Waals surface area (Å²) in [6.07, 6.45) is 0.0883. The number of carbonyl (C=O) groups excluding carboxylic acids is 2. The topological polar surface area (TPSA) is 133 Å². The van der Waals surface area contributed by atoms with E-state index in [0.29, 0.717) is 30.4 Å². The van der Waals surface area contributed by atoms with Crippen LogP contribution in [-0.4, -0.2) is 59.9 Å². The van der Waals surface area contributed by atoms with Crippen molar-refractivity contribution in [2.24, 2.45) is 5.41 Å². The molecule has 3 aromatic rings. The van der Waals surface area contributed by atoms with E-state index in [9.17, 15) is 32.7 Å². The number of H-pyrrole nitrogens is 1. The number of halogens is 3. The molecule has 2 heterocycles. The van der Waals surface area contributed by atoms with Crippen LogP contribution in [0, 0.1) is 5.41 Å². The van der Waals surface area contributed by atoms with Crippen LogP contribution in [0.3, 0.4) is 0 Å². The predicted molar refractivity (Wildman–Crippen MR) is 141 cm³/mol. The lowest BCUT2D eigenvalue weighted by atomic mass is 9.76. The quantitative estimate of drug-likeness (QED) is 0.251. The fourth-order valence-electron chi connectivity index (χ4n) is 4.84. The third kappa shape index (κ3) is 7.07. The van der Waals surface area contributed by atoms with Gasteiger partial charge in [-0.05, 0) is 36.0 Å². The van der Waals surface area contributed by atoms with Crippen molar-refractivity contribution in [2.75, 3.05) is 5.32 Å². The Kier molecular flexibility index (Phi) is 9.38. The lowest BCUT2D eigenvalue weighted by Gasteiger charge is -2.42. The zero-order valence-corrected chi connectivity index (χ0v) is 22.7. The second-order valence-corrected chi connectivity index (χ2v) is 10.2. The Bertz CT molecular complexity index is 1300. The molecule has 0 fully saturated rings. The molecule has 0 radical (unpaired) electrons. The average Bonchev–Trinajstić information content (AvgIpc) is 3.57. The number of aromatic amines is 1. The van der Waals surface area contributed by atoms with Gasteiger partial charge in [0.2, 0.25) is 5.78 Å². The van der Waals surface area contributed by atoms with Crippen molar-refractivity contribution in [3.63, 3.8) is 0 Å². The monoisotopic (exact) mass is 562 g/mol. The molecule has 1 aromatic carbocycles. The summed E-state index contributed by atoms with van der Waals surface area (Å²) in [4.78, 5) is 40.2. The number of nitrogens with zero attached hydrogens (tertiary/aromatic N) is 4. The molecule has 0 aliphatic heterocycles. The molecule has 0 bridgehead atoms. The predicted octanol–water partition coefficient (Wildman–Crippen LogP) is 5.45. The molecule has 10 nitrogen and oxygen atoms in total. The smallest absolute Gasteiger partial charge is 0.416 e. The summed E-state index contributed by atoms with van der Waals surface area (Å²) in [6, 6.07) is 4.05. The Morgan fingerprint density at radius 3 is 2.30 bits per heavy atom. The summed E-state index contributed by atoms with van der Waals surface area (Å²) >= 11 is 0. The molecule has 0 saturated heterocycles. The largest absolute Gasteiger partial charge is 0.465 e. The molecule has 0 aliphatic carbocycles. The van der Waals surface area contributed by atoms with Crippen molar-refractivity contribution in [3.8, 4) is 11.1 Å². The molecule has 2 aromatic heterocycles. The molecule has 13 heteroatoms. The summed E-state index contributed by atoms with van der Waals surface area (Å²) in [5.74, 6) is -1.67. The van der Waals surface area contributed by atoms with Gasteiger partial charge in [0.1, 0.15) is 11.9 Å². The number of alkyl halides is 3. The number of carboxylic acid groups (broad SMARTS) is 1. The number of amides is 2. The number of rotatable bonds is 12. The number of carbonyl (C=O) groups is 3. The lowest BCUT2D eigenvalue weighted by Crippen LogP contribution is -2.59. The van der Waals surface area contributed by atoms with Gasteiger partial charge in [0.25, 0.3) is 5.91 Å². The van der Waals surface area contributed by atoms with E-state index in [-0.39, 0.29) is 12.4 Å². The van der Waals surface area contributed by atoms with E-state index in [1.54, 1.807) is 27.0 Å². The van der Waals surface area contributed by atoms with E-state index >= 15 is 0 Å². The van der Waals surface area contributed by atoms with Crippen molar-refractivity contribution in [2.45, 2.75) is 71.8 Å². The van der Waals surface area contributed by atoms with Crippen LogP contribution >= 0.6 is 0 Å². The van der Waals surface area contributed by atoms with Crippen molar-refractivity contribution < 1.29 is 32.7 Å².